The lowest BCUT2D eigenvalue weighted by Crippen LogP contribution is -2.53. The number of hydrogen-bond donors (Lipinski definition) is 2. The highest BCUT2D eigenvalue weighted by Gasteiger charge is 2.50. The van der Waals surface area contributed by atoms with E-state index in [9.17, 15) is 0 Å². The molecule has 2 aromatic carbocycles. The summed E-state index contributed by atoms with van der Waals surface area (Å²) in [6.45, 7) is 4.03. The van der Waals surface area contributed by atoms with Gasteiger partial charge in [-0.15, -0.1) is 0 Å². The smallest absolute Gasteiger partial charge is 0.229 e. The summed E-state index contributed by atoms with van der Waals surface area (Å²) in [4.78, 5) is 16.0. The number of nitrogens with one attached hydrogen (secondary N) is 2. The highest BCUT2D eigenvalue weighted by Crippen LogP contribution is 2.50. The van der Waals surface area contributed by atoms with Crippen molar-refractivity contribution in [2.75, 3.05) is 67.1 Å². The summed E-state index contributed by atoms with van der Waals surface area (Å²) < 4.78 is 11.4. The first-order valence-electron chi connectivity index (χ1n) is 12.3. The summed E-state index contributed by atoms with van der Waals surface area (Å²) >= 11 is 13.0. The molecule has 0 aliphatic carbocycles. The third-order valence-electron chi connectivity index (χ3n) is 6.99. The number of fused-ring (bicyclic) bond motifs is 3. The fourth-order valence-corrected chi connectivity index (χ4v) is 5.78. The Labute approximate surface area is 226 Å². The number of ether oxygens (including phenoxy) is 2. The average Bonchev–Trinajstić information content (AvgIpc) is 3.70. The van der Waals surface area contributed by atoms with Gasteiger partial charge in [0.2, 0.25) is 5.95 Å². The van der Waals surface area contributed by atoms with Crippen molar-refractivity contribution in [3.05, 3.63) is 64.3 Å². The van der Waals surface area contributed by atoms with E-state index >= 15 is 0 Å². The van der Waals surface area contributed by atoms with Crippen LogP contribution in [0, 0.1) is 0 Å². The molecule has 3 aliphatic heterocycles. The number of piperazine rings is 1. The van der Waals surface area contributed by atoms with Gasteiger partial charge in [-0.2, -0.15) is 4.98 Å². The Bertz CT molecular complexity index is 1260. The molecule has 3 aliphatic rings. The Kier molecular flexibility index (Phi) is 6.73. The number of aromatic nitrogens is 2. The van der Waals surface area contributed by atoms with Crippen LogP contribution in [0.4, 0.5) is 28.8 Å². The molecule has 6 rings (SSSR count). The first-order valence-corrected chi connectivity index (χ1v) is 13.1. The van der Waals surface area contributed by atoms with Crippen LogP contribution in [-0.4, -0.2) is 69.3 Å². The summed E-state index contributed by atoms with van der Waals surface area (Å²) in [5.41, 5.74) is 3.80. The normalized spacial score (nSPS) is 22.8. The van der Waals surface area contributed by atoms with E-state index in [1.54, 1.807) is 7.11 Å². The third kappa shape index (κ3) is 4.78. The van der Waals surface area contributed by atoms with Crippen molar-refractivity contribution in [3.63, 3.8) is 0 Å². The molecule has 1 aromatic heterocycles. The quantitative estimate of drug-likeness (QED) is 0.444. The lowest BCUT2D eigenvalue weighted by atomic mass is 10.1. The summed E-state index contributed by atoms with van der Waals surface area (Å²) in [6.07, 6.45) is 1.54. The Morgan fingerprint density at radius 2 is 1.92 bits per heavy atom. The van der Waals surface area contributed by atoms with Crippen molar-refractivity contribution in [1.82, 2.24) is 15.3 Å². The van der Waals surface area contributed by atoms with Crippen molar-refractivity contribution < 1.29 is 9.47 Å². The van der Waals surface area contributed by atoms with Crippen molar-refractivity contribution in [2.45, 2.75) is 18.4 Å². The second-order valence-corrected chi connectivity index (χ2v) is 10.3. The molecule has 0 radical (unpaired) electrons. The fourth-order valence-electron chi connectivity index (χ4n) is 5.16. The number of epoxide rings is 1. The van der Waals surface area contributed by atoms with E-state index in [-0.39, 0.29) is 12.3 Å². The fraction of sp³-hybridized carbons (Fsp3) is 0.385. The molecule has 3 aromatic rings. The number of hydrogen-bond acceptors (Lipinski definition) is 9. The van der Waals surface area contributed by atoms with Crippen LogP contribution in [0.25, 0.3) is 0 Å². The molecule has 11 heteroatoms. The molecule has 0 amide bonds. The van der Waals surface area contributed by atoms with Crippen molar-refractivity contribution in [3.8, 4) is 0 Å². The lowest BCUT2D eigenvalue weighted by Gasteiger charge is -2.37. The van der Waals surface area contributed by atoms with Gasteiger partial charge in [0.25, 0.3) is 0 Å². The monoisotopic (exact) mass is 541 g/mol. The maximum atomic E-state index is 6.51. The highest BCUT2D eigenvalue weighted by molar-refractivity contribution is 6.39. The number of anilines is 5. The van der Waals surface area contributed by atoms with Crippen molar-refractivity contribution >= 4 is 52.0 Å². The van der Waals surface area contributed by atoms with Crippen LogP contribution in [0.15, 0.2) is 48.7 Å². The molecule has 2 fully saturated rings. The maximum absolute atomic E-state index is 6.51. The summed E-state index contributed by atoms with van der Waals surface area (Å²) in [6, 6.07) is 14.2. The van der Waals surface area contributed by atoms with Gasteiger partial charge in [0.05, 0.1) is 35.1 Å². The minimum Gasteiger partial charge on any atom is -0.383 e. The van der Waals surface area contributed by atoms with Crippen LogP contribution >= 0.6 is 23.2 Å². The van der Waals surface area contributed by atoms with Crippen LogP contribution in [-0.2, 0) is 9.47 Å². The molecular formula is C26H29Cl2N7O2. The lowest BCUT2D eigenvalue weighted by molar-refractivity contribution is 0.170. The second-order valence-electron chi connectivity index (χ2n) is 9.48. The first-order chi connectivity index (χ1) is 18.0. The molecule has 0 saturated carbocycles. The predicted molar refractivity (Wildman–Crippen MR) is 147 cm³/mol. The molecule has 9 nitrogen and oxygen atoms in total. The van der Waals surface area contributed by atoms with E-state index in [2.05, 4.69) is 54.6 Å². The predicted octanol–water partition coefficient (Wildman–Crippen LogP) is 4.26. The molecular weight excluding hydrogens is 513 g/mol. The Balaban J connectivity index is 1.20. The second kappa shape index (κ2) is 10.2. The van der Waals surface area contributed by atoms with E-state index in [0.717, 1.165) is 42.4 Å². The molecule has 2 N–H and O–H groups in total. The molecule has 0 spiro atoms. The van der Waals surface area contributed by atoms with Crippen LogP contribution in [0.5, 0.6) is 0 Å². The molecule has 0 bridgehead atoms. The van der Waals surface area contributed by atoms with Gasteiger partial charge in [-0.3, -0.25) is 0 Å². The van der Waals surface area contributed by atoms with Gasteiger partial charge < -0.3 is 34.8 Å². The Morgan fingerprint density at radius 3 is 2.68 bits per heavy atom. The van der Waals surface area contributed by atoms with Crippen LogP contribution in [0.3, 0.4) is 0 Å². The summed E-state index contributed by atoms with van der Waals surface area (Å²) in [5.74, 6) is 1.34. The van der Waals surface area contributed by atoms with Gasteiger partial charge in [-0.1, -0.05) is 29.3 Å². The topological polar surface area (TPSA) is 81.3 Å². The van der Waals surface area contributed by atoms with Crippen molar-refractivity contribution in [2.24, 2.45) is 0 Å². The zero-order valence-corrected chi connectivity index (χ0v) is 22.2. The molecule has 2 unspecified atom stereocenters. The molecule has 37 heavy (non-hydrogen) atoms. The van der Waals surface area contributed by atoms with Gasteiger partial charge in [0, 0.05) is 56.9 Å². The van der Waals surface area contributed by atoms with E-state index in [0.29, 0.717) is 35.3 Å². The average molecular weight is 542 g/mol. The van der Waals surface area contributed by atoms with E-state index in [1.165, 1.54) is 5.69 Å². The van der Waals surface area contributed by atoms with Crippen LogP contribution in [0.1, 0.15) is 11.7 Å². The molecule has 2 saturated heterocycles. The van der Waals surface area contributed by atoms with Crippen LogP contribution in [0.2, 0.25) is 10.0 Å². The number of methoxy groups -OCH3 is 1. The van der Waals surface area contributed by atoms with Crippen molar-refractivity contribution in [1.29, 1.82) is 0 Å². The number of nitrogens with zero attached hydrogens (tertiary/aromatic N) is 5. The highest BCUT2D eigenvalue weighted by atomic mass is 35.5. The van der Waals surface area contributed by atoms with E-state index < -0.39 is 0 Å². The van der Waals surface area contributed by atoms with E-state index in [4.69, 9.17) is 37.7 Å². The molecule has 3 atom stereocenters. The number of rotatable bonds is 6. The zero-order valence-electron chi connectivity index (χ0n) is 20.7. The van der Waals surface area contributed by atoms with Gasteiger partial charge in [-0.05, 0) is 36.4 Å². The van der Waals surface area contributed by atoms with E-state index in [1.807, 2.05) is 31.4 Å². The van der Waals surface area contributed by atoms with Crippen LogP contribution < -0.4 is 25.3 Å². The third-order valence-corrected chi connectivity index (χ3v) is 7.60. The standard InChI is InChI=1S/C26H29Cl2N7O2/c1-33-15-35(22-20(27)4-3-5-21(22)28)25-23(37-25)19-13-30-26(32-24(19)33)31-16-6-8-17(9-7-16)34-11-10-29-12-18(34)14-36-2/h3-9,13,18,23,25,29H,10-12,14-15H2,1-2H3,(H,30,31,32)/t18-,23?,25?/m0/s1. The summed E-state index contributed by atoms with van der Waals surface area (Å²) in [7, 11) is 3.74. The van der Waals surface area contributed by atoms with Gasteiger partial charge in [0.15, 0.2) is 6.23 Å². The zero-order chi connectivity index (χ0) is 25.5. The maximum Gasteiger partial charge on any atom is 0.229 e. The molecule has 4 heterocycles. The Hall–Kier alpha value is -2.82. The first kappa shape index (κ1) is 24.5. The molecule has 194 valence electrons. The minimum atomic E-state index is -0.164. The largest absolute Gasteiger partial charge is 0.383 e. The minimum absolute atomic E-state index is 0.139. The van der Waals surface area contributed by atoms with Gasteiger partial charge in [0.1, 0.15) is 11.9 Å². The SMILES string of the molecule is COC[C@@H]1CNCCN1c1ccc(Nc2ncc3c(n2)N(C)CN(c2c(Cl)cccc2Cl)C2OC32)cc1. The van der Waals surface area contributed by atoms with Gasteiger partial charge in [-0.25, -0.2) is 4.98 Å². The number of para-hydroxylation sites is 1. The number of benzene rings is 2. The summed E-state index contributed by atoms with van der Waals surface area (Å²) in [5, 5.41) is 7.97. The Morgan fingerprint density at radius 1 is 1.14 bits per heavy atom. The van der Waals surface area contributed by atoms with Gasteiger partial charge >= 0.3 is 0 Å². The number of halogens is 2.